The summed E-state index contributed by atoms with van der Waals surface area (Å²) in [5.41, 5.74) is 0.848. The van der Waals surface area contributed by atoms with E-state index in [4.69, 9.17) is 18.3 Å². The number of aromatic carboxylic acids is 1. The molecule has 4 aromatic rings. The molecule has 22 heteroatoms. The molecule has 2 aromatic heterocycles. The maximum absolute atomic E-state index is 11.4. The average molecular weight is 751 g/mol. The maximum Gasteiger partial charge on any atom is 1.00 e. The van der Waals surface area contributed by atoms with Gasteiger partial charge in [0.2, 0.25) is 0 Å². The fourth-order valence-corrected chi connectivity index (χ4v) is 4.38. The van der Waals surface area contributed by atoms with Crippen molar-refractivity contribution in [2.24, 2.45) is 0 Å². The Morgan fingerprint density at radius 1 is 0.667 bits per heavy atom. The summed E-state index contributed by atoms with van der Waals surface area (Å²) >= 11 is 0. The number of hydrogen-bond donors (Lipinski definition) is 0. The number of furan rings is 1. The normalized spacial score (nSPS) is 9.75. The number of ether oxygens (including phenoxy) is 2. The van der Waals surface area contributed by atoms with E-state index in [-0.39, 0.29) is 201 Å². The number of aryl methyl sites for hydroxylation is 1. The molecule has 17 nitrogen and oxygen atoms in total. The molecule has 0 saturated heterocycles. The molecule has 242 valence electrons. The Bertz CT molecular complexity index is 1780. The number of anilines is 2. The standard InChI is InChI=1S/C29H27N3O14.5Na/c1-15-2-3-17(31(11-24(33)34)12-25(35)36)20(6-15)43-4-5-44-21-7-16-8-22(28-30-10-23(46-28)29(41)42)45-19(16)9-18(21)32(13-26(37)38)14-27(39)40;;;;;/h2-3,6-10H,4-5,11-14H2,1H3,(H,33,34)(H,35,36)(H,37,38)(H,39,40)(H,41,42);;;;;/q;5*+1/p-5. The van der Waals surface area contributed by atoms with Gasteiger partial charge in [-0.15, -0.1) is 0 Å². The number of benzene rings is 2. The van der Waals surface area contributed by atoms with Crippen LogP contribution in [-0.4, -0.2) is 74.2 Å². The number of aliphatic carboxylic acids is 4. The van der Waals surface area contributed by atoms with Crippen LogP contribution in [0.5, 0.6) is 11.5 Å². The molecule has 0 spiro atoms. The monoisotopic (exact) mass is 751 g/mol. The molecule has 0 bridgehead atoms. The Labute approximate surface area is 400 Å². The van der Waals surface area contributed by atoms with E-state index < -0.39 is 61.8 Å². The molecule has 4 rings (SSSR count). The van der Waals surface area contributed by atoms with Gasteiger partial charge in [0.1, 0.15) is 36.3 Å². The fraction of sp³-hybridized carbons (Fsp3) is 0.241. The topological polar surface area (TPSA) is 265 Å². The van der Waals surface area contributed by atoms with Crippen molar-refractivity contribution < 1.29 is 216 Å². The number of fused-ring (bicyclic) bond motifs is 1. The Morgan fingerprint density at radius 2 is 1.16 bits per heavy atom. The number of carbonyl (C=O) groups is 5. The number of carboxylic acid groups (broad SMARTS) is 5. The second-order valence-corrected chi connectivity index (χ2v) is 9.65. The largest absolute Gasteiger partial charge is 1.00 e. The first-order chi connectivity index (χ1) is 21.8. The molecular weight excluding hydrogens is 729 g/mol. The van der Waals surface area contributed by atoms with E-state index in [2.05, 4.69) is 4.98 Å². The summed E-state index contributed by atoms with van der Waals surface area (Å²) in [6, 6.07) is 8.68. The molecule has 0 atom stereocenters. The summed E-state index contributed by atoms with van der Waals surface area (Å²) < 4.78 is 22.4. The molecule has 0 N–H and O–H groups in total. The van der Waals surface area contributed by atoms with E-state index in [0.717, 1.165) is 16.0 Å². The summed E-state index contributed by atoms with van der Waals surface area (Å²) in [7, 11) is 0. The Morgan fingerprint density at radius 3 is 1.63 bits per heavy atom. The van der Waals surface area contributed by atoms with E-state index in [1.807, 2.05) is 0 Å². The molecular formula is C29H22N3Na5O14. The van der Waals surface area contributed by atoms with E-state index >= 15 is 0 Å². The van der Waals surface area contributed by atoms with Crippen LogP contribution in [0.15, 0.2) is 51.4 Å². The summed E-state index contributed by atoms with van der Waals surface area (Å²) in [4.78, 5) is 62.1. The summed E-state index contributed by atoms with van der Waals surface area (Å²) in [5, 5.41) is 56.7. The molecule has 51 heavy (non-hydrogen) atoms. The van der Waals surface area contributed by atoms with Gasteiger partial charge in [0.15, 0.2) is 11.5 Å². The Kier molecular flexibility index (Phi) is 24.6. The third kappa shape index (κ3) is 15.2. The summed E-state index contributed by atoms with van der Waals surface area (Å²) in [6.45, 7) is -2.03. The van der Waals surface area contributed by atoms with Crippen molar-refractivity contribution in [3.8, 4) is 23.1 Å². The molecule has 0 aliphatic rings. The van der Waals surface area contributed by atoms with Crippen molar-refractivity contribution in [3.63, 3.8) is 0 Å². The molecule has 0 aliphatic heterocycles. The summed E-state index contributed by atoms with van der Waals surface area (Å²) in [6.07, 6.45) is 0.912. The van der Waals surface area contributed by atoms with Gasteiger partial charge in [-0.3, -0.25) is 0 Å². The molecule has 2 aromatic carbocycles. The zero-order chi connectivity index (χ0) is 33.5. The van der Waals surface area contributed by atoms with Gasteiger partial charge in [-0.25, -0.2) is 4.98 Å². The molecule has 0 saturated carbocycles. The van der Waals surface area contributed by atoms with E-state index in [9.17, 15) is 49.5 Å². The van der Waals surface area contributed by atoms with Gasteiger partial charge >= 0.3 is 148 Å². The van der Waals surface area contributed by atoms with Gasteiger partial charge in [-0.1, -0.05) is 6.07 Å². The van der Waals surface area contributed by atoms with Gasteiger partial charge < -0.3 is 77.6 Å². The fourth-order valence-electron chi connectivity index (χ4n) is 4.38. The SMILES string of the molecule is Cc1ccc(N(CC(=O)[O-])CC(=O)[O-])c(OCCOc2cc3cc(-c4ncc(C(=O)[O-])o4)oc3cc2N(CC(=O)[O-])CC(=O)[O-])c1.[Na+].[Na+].[Na+].[Na+].[Na+]. The average Bonchev–Trinajstić information content (AvgIpc) is 3.61. The molecule has 0 radical (unpaired) electrons. The van der Waals surface area contributed by atoms with Crippen LogP contribution in [0.25, 0.3) is 22.6 Å². The molecule has 0 unspecified atom stereocenters. The molecule has 0 amide bonds. The number of rotatable bonds is 17. The number of nitrogens with zero attached hydrogens (tertiary/aromatic N) is 3. The predicted molar refractivity (Wildman–Crippen MR) is 143 cm³/mol. The van der Waals surface area contributed by atoms with Crippen LogP contribution in [-0.2, 0) is 19.2 Å². The Hall–Kier alpha value is -1.26. The van der Waals surface area contributed by atoms with Gasteiger partial charge in [-0.05, 0) is 36.8 Å². The van der Waals surface area contributed by atoms with Crippen molar-refractivity contribution in [2.75, 3.05) is 49.2 Å². The van der Waals surface area contributed by atoms with E-state index in [1.165, 1.54) is 30.3 Å². The third-order valence-corrected chi connectivity index (χ3v) is 6.19. The number of carbonyl (C=O) groups excluding carboxylic acids is 5. The first-order valence-corrected chi connectivity index (χ1v) is 13.2. The van der Waals surface area contributed by atoms with Crippen LogP contribution in [0.3, 0.4) is 0 Å². The van der Waals surface area contributed by atoms with Crippen molar-refractivity contribution in [1.82, 2.24) is 4.98 Å². The minimum Gasteiger partial charge on any atom is -0.548 e. The number of carboxylic acids is 5. The van der Waals surface area contributed by atoms with Crippen molar-refractivity contribution in [3.05, 3.63) is 53.9 Å². The predicted octanol–water partition coefficient (Wildman–Crippen LogP) is -19.2. The maximum atomic E-state index is 11.4. The molecule has 0 fully saturated rings. The van der Waals surface area contributed by atoms with Crippen LogP contribution in [0.1, 0.15) is 16.1 Å². The van der Waals surface area contributed by atoms with Gasteiger partial charge in [0.25, 0.3) is 5.89 Å². The van der Waals surface area contributed by atoms with Crippen LogP contribution in [0.4, 0.5) is 11.4 Å². The van der Waals surface area contributed by atoms with Crippen LogP contribution in [0.2, 0.25) is 0 Å². The van der Waals surface area contributed by atoms with Gasteiger partial charge in [-0.2, -0.15) is 0 Å². The zero-order valence-corrected chi connectivity index (χ0v) is 38.8. The molecule has 0 aliphatic carbocycles. The van der Waals surface area contributed by atoms with Gasteiger partial charge in [0.05, 0.1) is 67.6 Å². The van der Waals surface area contributed by atoms with E-state index in [1.54, 1.807) is 13.0 Å². The Balaban J connectivity index is 0. The van der Waals surface area contributed by atoms with Crippen LogP contribution < -0.4 is 193 Å². The smallest absolute Gasteiger partial charge is 0.548 e. The second kappa shape index (κ2) is 24.2. The first-order valence-electron chi connectivity index (χ1n) is 13.2. The molecule has 2 heterocycles. The van der Waals surface area contributed by atoms with Crippen molar-refractivity contribution >= 4 is 52.2 Å². The van der Waals surface area contributed by atoms with Crippen molar-refractivity contribution in [1.29, 1.82) is 0 Å². The zero-order valence-electron chi connectivity index (χ0n) is 28.8. The summed E-state index contributed by atoms with van der Waals surface area (Å²) in [5.74, 6) is -8.65. The number of aromatic nitrogens is 1. The number of hydrogen-bond acceptors (Lipinski definition) is 17. The van der Waals surface area contributed by atoms with Crippen molar-refractivity contribution in [2.45, 2.75) is 6.92 Å². The number of oxazole rings is 1. The third-order valence-electron chi connectivity index (χ3n) is 6.19. The minimum atomic E-state index is -1.62. The van der Waals surface area contributed by atoms with Crippen LogP contribution >= 0.6 is 0 Å². The first kappa shape index (κ1) is 51.8. The second-order valence-electron chi connectivity index (χ2n) is 9.65. The van der Waals surface area contributed by atoms with E-state index in [0.29, 0.717) is 10.9 Å². The van der Waals surface area contributed by atoms with Gasteiger partial charge in [0, 0.05) is 11.5 Å². The van der Waals surface area contributed by atoms with Crippen LogP contribution in [0, 0.1) is 6.92 Å². The quantitative estimate of drug-likeness (QED) is 0.0716. The minimum absolute atomic E-state index is 0.